The Balaban J connectivity index is 0.000000161. The molecule has 0 amide bonds. The van der Waals surface area contributed by atoms with Crippen LogP contribution in [0.3, 0.4) is 0 Å². The molecule has 0 aromatic carbocycles. The van der Waals surface area contributed by atoms with Gasteiger partial charge in [0.15, 0.2) is 0 Å². The molecule has 4 aliphatic heterocycles. The number of ether oxygens (including phenoxy) is 6. The van der Waals surface area contributed by atoms with E-state index in [4.69, 9.17) is 28.4 Å². The number of rotatable bonds is 9. The molecule has 6 rings (SSSR count). The average molecular weight is 567 g/mol. The second-order valence-electron chi connectivity index (χ2n) is 14.3. The van der Waals surface area contributed by atoms with E-state index in [0.717, 1.165) is 51.7 Å². The van der Waals surface area contributed by atoms with E-state index in [1.807, 2.05) is 0 Å². The number of methoxy groups -OCH3 is 2. The smallest absolute Gasteiger partial charge is 0.101 e. The third-order valence-corrected chi connectivity index (χ3v) is 10.8. The molecule has 0 bridgehead atoms. The van der Waals surface area contributed by atoms with Crippen molar-refractivity contribution in [1.82, 2.24) is 0 Å². The van der Waals surface area contributed by atoms with Crippen molar-refractivity contribution in [1.29, 1.82) is 0 Å². The van der Waals surface area contributed by atoms with Gasteiger partial charge in [0.1, 0.15) is 11.2 Å². The number of hydrogen-bond acceptors (Lipinski definition) is 8. The molecule has 8 nitrogen and oxygen atoms in total. The lowest BCUT2D eigenvalue weighted by molar-refractivity contribution is -0.116. The van der Waals surface area contributed by atoms with E-state index in [1.165, 1.54) is 12.0 Å². The zero-order chi connectivity index (χ0) is 29.1. The minimum atomic E-state index is -0.412. The normalized spacial score (nSPS) is 50.4. The summed E-state index contributed by atoms with van der Waals surface area (Å²) < 4.78 is 34.9. The number of hydrogen-bond donors (Lipinski definition) is 2. The van der Waals surface area contributed by atoms with Gasteiger partial charge in [0.05, 0.1) is 72.9 Å². The highest BCUT2D eigenvalue weighted by Gasteiger charge is 2.73. The predicted octanol–water partition coefficient (Wildman–Crippen LogP) is 4.19. The fraction of sp³-hybridized carbons (Fsp3) is 0.938. The summed E-state index contributed by atoms with van der Waals surface area (Å²) in [5.41, 5.74) is 0.681. The number of aliphatic hydroxyl groups is 2. The van der Waals surface area contributed by atoms with Crippen molar-refractivity contribution in [3.05, 3.63) is 11.6 Å². The molecule has 6 fully saturated rings. The van der Waals surface area contributed by atoms with Gasteiger partial charge in [0, 0.05) is 14.2 Å². The van der Waals surface area contributed by atoms with E-state index < -0.39 is 12.2 Å². The molecule has 6 aliphatic rings. The summed E-state index contributed by atoms with van der Waals surface area (Å²) in [6, 6.07) is 0. The molecule has 2 N–H and O–H groups in total. The van der Waals surface area contributed by atoms with E-state index in [1.54, 1.807) is 14.2 Å². The van der Waals surface area contributed by atoms with Crippen LogP contribution >= 0.6 is 0 Å². The van der Waals surface area contributed by atoms with E-state index in [0.29, 0.717) is 12.0 Å². The third kappa shape index (κ3) is 5.69. The van der Waals surface area contributed by atoms with Crippen LogP contribution in [0.25, 0.3) is 0 Å². The Labute approximate surface area is 241 Å². The van der Waals surface area contributed by atoms with Crippen molar-refractivity contribution in [3.8, 4) is 0 Å². The summed E-state index contributed by atoms with van der Waals surface area (Å²) in [6.07, 6.45) is 8.12. The molecule has 12 atom stereocenters. The van der Waals surface area contributed by atoms with E-state index in [-0.39, 0.29) is 52.6 Å². The lowest BCUT2D eigenvalue weighted by Crippen LogP contribution is -2.54. The number of allylic oxidation sites excluding steroid dienone is 1. The topological polar surface area (TPSA) is 109 Å². The SMILES string of the molecule is CO[C@@H]1[C@H](O)CC[C@]2(CO2)[C@H]1[C@@]1(C)O[C@@H]1CC=C(C)C.CO[C@@H]1[C@H](O)CC[C@]2(CO2)[C@H]1[C@@]1(C)O[C@@H]1CCC(C)C. The zero-order valence-electron chi connectivity index (χ0n) is 26.0. The molecular formula is C32H54O8. The maximum Gasteiger partial charge on any atom is 0.101 e. The van der Waals surface area contributed by atoms with E-state index in [9.17, 15) is 10.2 Å². The first-order valence-electron chi connectivity index (χ1n) is 15.5. The van der Waals surface area contributed by atoms with Gasteiger partial charge in [-0.15, -0.1) is 0 Å². The Morgan fingerprint density at radius 2 is 1.30 bits per heavy atom. The van der Waals surface area contributed by atoms with Gasteiger partial charge in [-0.3, -0.25) is 0 Å². The molecule has 230 valence electrons. The van der Waals surface area contributed by atoms with Crippen LogP contribution in [0, 0.1) is 17.8 Å². The van der Waals surface area contributed by atoms with Gasteiger partial charge in [-0.2, -0.15) is 0 Å². The van der Waals surface area contributed by atoms with Crippen molar-refractivity contribution in [2.24, 2.45) is 17.8 Å². The Kier molecular flexibility index (Phi) is 8.61. The molecule has 2 saturated carbocycles. The average Bonchev–Trinajstić information content (AvgIpc) is 3.76. The Morgan fingerprint density at radius 3 is 1.70 bits per heavy atom. The highest BCUT2D eigenvalue weighted by atomic mass is 16.6. The molecule has 2 aliphatic carbocycles. The monoisotopic (exact) mass is 566 g/mol. The van der Waals surface area contributed by atoms with Gasteiger partial charge in [-0.25, -0.2) is 0 Å². The van der Waals surface area contributed by atoms with Crippen molar-refractivity contribution in [3.63, 3.8) is 0 Å². The van der Waals surface area contributed by atoms with Crippen molar-refractivity contribution in [2.45, 2.75) is 146 Å². The molecule has 0 aromatic heterocycles. The molecular weight excluding hydrogens is 512 g/mol. The summed E-state index contributed by atoms with van der Waals surface area (Å²) in [5, 5.41) is 20.5. The second kappa shape index (κ2) is 11.2. The highest BCUT2D eigenvalue weighted by Crippen LogP contribution is 2.60. The first-order chi connectivity index (χ1) is 18.9. The van der Waals surface area contributed by atoms with Crippen LogP contribution in [-0.4, -0.2) is 96.7 Å². The maximum absolute atomic E-state index is 10.3. The van der Waals surface area contributed by atoms with Crippen LogP contribution in [0.15, 0.2) is 11.6 Å². The number of epoxide rings is 4. The van der Waals surface area contributed by atoms with Gasteiger partial charge in [-0.1, -0.05) is 25.5 Å². The first kappa shape index (κ1) is 30.9. The van der Waals surface area contributed by atoms with Gasteiger partial charge in [-0.05, 0) is 78.6 Å². The van der Waals surface area contributed by atoms with Crippen LogP contribution in [0.4, 0.5) is 0 Å². The summed E-state index contributed by atoms with van der Waals surface area (Å²) in [6.45, 7) is 14.6. The standard InChI is InChI=1S/C16H28O4.C16H26O4/c2*1-10(2)5-6-12-15(3,20-12)14-13(18-4)11(17)7-8-16(14)9-19-16/h10-14,17H,5-9H2,1-4H3;5,11-14,17H,6-9H2,1-4H3/t2*11-,12-,13-,14-,15+,16+/m11/s1. The first-order valence-corrected chi connectivity index (χ1v) is 15.5. The summed E-state index contributed by atoms with van der Waals surface area (Å²) in [4.78, 5) is 0. The van der Waals surface area contributed by atoms with E-state index in [2.05, 4.69) is 47.6 Å². The molecule has 2 spiro atoms. The second-order valence-corrected chi connectivity index (χ2v) is 14.3. The fourth-order valence-corrected chi connectivity index (χ4v) is 8.13. The maximum atomic E-state index is 10.3. The van der Waals surface area contributed by atoms with Crippen LogP contribution in [-0.2, 0) is 28.4 Å². The quantitative estimate of drug-likeness (QED) is 0.316. The van der Waals surface area contributed by atoms with Crippen LogP contribution < -0.4 is 0 Å². The van der Waals surface area contributed by atoms with Crippen molar-refractivity contribution in [2.75, 3.05) is 27.4 Å². The molecule has 4 saturated heterocycles. The largest absolute Gasteiger partial charge is 0.390 e. The minimum Gasteiger partial charge on any atom is -0.390 e. The summed E-state index contributed by atoms with van der Waals surface area (Å²) in [5.74, 6) is 0.977. The molecule has 0 aromatic rings. The van der Waals surface area contributed by atoms with Gasteiger partial charge >= 0.3 is 0 Å². The van der Waals surface area contributed by atoms with Gasteiger partial charge < -0.3 is 38.6 Å². The fourth-order valence-electron chi connectivity index (χ4n) is 8.13. The van der Waals surface area contributed by atoms with Gasteiger partial charge in [0.2, 0.25) is 0 Å². The molecule has 40 heavy (non-hydrogen) atoms. The van der Waals surface area contributed by atoms with Crippen LogP contribution in [0.1, 0.15) is 86.5 Å². The summed E-state index contributed by atoms with van der Waals surface area (Å²) >= 11 is 0. The zero-order valence-corrected chi connectivity index (χ0v) is 26.0. The van der Waals surface area contributed by atoms with Crippen LogP contribution in [0.2, 0.25) is 0 Å². The predicted molar refractivity (Wildman–Crippen MR) is 151 cm³/mol. The third-order valence-electron chi connectivity index (χ3n) is 10.8. The molecule has 8 heteroatoms. The van der Waals surface area contributed by atoms with Crippen molar-refractivity contribution >= 4 is 0 Å². The summed E-state index contributed by atoms with van der Waals surface area (Å²) in [7, 11) is 3.37. The van der Waals surface area contributed by atoms with Gasteiger partial charge in [0.25, 0.3) is 0 Å². The van der Waals surface area contributed by atoms with Crippen molar-refractivity contribution < 1.29 is 38.6 Å². The Hall–Kier alpha value is -0.580. The lowest BCUT2D eigenvalue weighted by Gasteiger charge is -2.41. The lowest BCUT2D eigenvalue weighted by atomic mass is 9.68. The Bertz CT molecular complexity index is 924. The minimum absolute atomic E-state index is 0.0960. The molecule has 0 unspecified atom stereocenters. The molecule has 0 radical (unpaired) electrons. The van der Waals surface area contributed by atoms with Crippen LogP contribution in [0.5, 0.6) is 0 Å². The molecule has 4 heterocycles. The van der Waals surface area contributed by atoms with E-state index >= 15 is 0 Å². The highest BCUT2D eigenvalue weighted by molar-refractivity contribution is 5.21. The number of aliphatic hydroxyl groups excluding tert-OH is 2. The Morgan fingerprint density at radius 1 is 0.850 bits per heavy atom.